The first-order valence-corrected chi connectivity index (χ1v) is 9.08. The molecule has 4 nitrogen and oxygen atoms in total. The van der Waals surface area contributed by atoms with Gasteiger partial charge in [-0.15, -0.1) is 0 Å². The lowest BCUT2D eigenvalue weighted by Crippen LogP contribution is -1.99. The predicted molar refractivity (Wildman–Crippen MR) is 87.5 cm³/mol. The fourth-order valence-electron chi connectivity index (χ4n) is 2.03. The molecule has 0 unspecified atom stereocenters. The first kappa shape index (κ1) is 16.8. The fraction of sp³-hybridized carbons (Fsp3) is 0.294. The highest BCUT2D eigenvalue weighted by Gasteiger charge is 2.23. The Hall–Kier alpha value is -1.61. The zero-order valence-corrected chi connectivity index (χ0v) is 13.8. The van der Waals surface area contributed by atoms with Crippen LogP contribution in [0.15, 0.2) is 54.6 Å². The zero-order chi connectivity index (χ0) is 15.8. The van der Waals surface area contributed by atoms with E-state index in [1.165, 1.54) is 0 Å². The van der Waals surface area contributed by atoms with Crippen LogP contribution >= 0.6 is 7.60 Å². The average Bonchev–Trinajstić information content (AvgIpc) is 2.51. The molecule has 0 fully saturated rings. The van der Waals surface area contributed by atoms with Crippen LogP contribution in [-0.2, 0) is 19.8 Å². The Kier molecular flexibility index (Phi) is 6.20. The van der Waals surface area contributed by atoms with E-state index in [9.17, 15) is 4.57 Å². The van der Waals surface area contributed by atoms with Gasteiger partial charge in [-0.2, -0.15) is 0 Å². The lowest BCUT2D eigenvalue weighted by Gasteiger charge is -2.17. The minimum Gasteiger partial charge on any atom is -0.457 e. The van der Waals surface area contributed by atoms with Gasteiger partial charge < -0.3 is 13.8 Å². The molecule has 0 aromatic heterocycles. The zero-order valence-electron chi connectivity index (χ0n) is 12.9. The Bertz CT molecular complexity index is 600. The number of hydrogen-bond acceptors (Lipinski definition) is 4. The second-order valence-corrected chi connectivity index (χ2v) is 6.72. The first-order chi connectivity index (χ1) is 10.6. The van der Waals surface area contributed by atoms with Crippen molar-refractivity contribution in [3.8, 4) is 11.5 Å². The van der Waals surface area contributed by atoms with Gasteiger partial charge in [-0.25, -0.2) is 0 Å². The topological polar surface area (TPSA) is 44.8 Å². The van der Waals surface area contributed by atoms with Crippen LogP contribution in [0.5, 0.6) is 11.5 Å². The molecule has 0 heterocycles. The minimum absolute atomic E-state index is 0.264. The maximum absolute atomic E-state index is 12.5. The first-order valence-electron chi connectivity index (χ1n) is 7.35. The minimum atomic E-state index is -3.06. The third kappa shape index (κ3) is 4.99. The fourth-order valence-corrected chi connectivity index (χ4v) is 3.74. The van der Waals surface area contributed by atoms with Gasteiger partial charge in [0.1, 0.15) is 11.5 Å². The predicted octanol–water partition coefficient (Wildman–Crippen LogP) is 5.25. The van der Waals surface area contributed by atoms with Gasteiger partial charge >= 0.3 is 7.60 Å². The van der Waals surface area contributed by atoms with Gasteiger partial charge in [-0.3, -0.25) is 4.57 Å². The van der Waals surface area contributed by atoms with Crippen LogP contribution in [0.1, 0.15) is 19.4 Å². The molecule has 0 atom stereocenters. The van der Waals surface area contributed by atoms with E-state index in [0.29, 0.717) is 13.2 Å². The Morgan fingerprint density at radius 1 is 0.818 bits per heavy atom. The number of hydrogen-bond donors (Lipinski definition) is 0. The third-order valence-corrected chi connectivity index (χ3v) is 4.99. The van der Waals surface area contributed by atoms with Gasteiger partial charge in [-0.05, 0) is 43.7 Å². The van der Waals surface area contributed by atoms with Crippen LogP contribution in [0.25, 0.3) is 0 Å². The maximum Gasteiger partial charge on any atom is 0.335 e. The van der Waals surface area contributed by atoms with Crippen molar-refractivity contribution in [2.24, 2.45) is 0 Å². The summed E-state index contributed by atoms with van der Waals surface area (Å²) >= 11 is 0. The summed E-state index contributed by atoms with van der Waals surface area (Å²) in [5.74, 6) is 1.52. The normalized spacial score (nSPS) is 11.4. The van der Waals surface area contributed by atoms with E-state index in [1.54, 1.807) is 0 Å². The highest BCUT2D eigenvalue weighted by molar-refractivity contribution is 7.53. The van der Waals surface area contributed by atoms with Crippen molar-refractivity contribution in [3.05, 3.63) is 60.2 Å². The van der Waals surface area contributed by atoms with Gasteiger partial charge in [0.05, 0.1) is 19.4 Å². The van der Waals surface area contributed by atoms with E-state index in [1.807, 2.05) is 68.4 Å². The number of rotatable bonds is 8. The van der Waals surface area contributed by atoms with Crippen LogP contribution in [-0.4, -0.2) is 13.2 Å². The molecule has 0 bridgehead atoms. The lowest BCUT2D eigenvalue weighted by molar-refractivity contribution is 0.219. The number of ether oxygens (including phenoxy) is 1. The molecule has 2 aromatic rings. The summed E-state index contributed by atoms with van der Waals surface area (Å²) in [4.78, 5) is 0. The molecule has 0 aliphatic rings. The quantitative estimate of drug-likeness (QED) is 0.624. The van der Waals surface area contributed by atoms with Gasteiger partial charge in [-0.1, -0.05) is 30.3 Å². The standard InChI is InChI=1S/C17H21O4P/c1-3-19-22(18,20-4-2)14-15-10-12-17(13-11-15)21-16-8-6-5-7-9-16/h5-13H,3-4,14H2,1-2H3. The van der Waals surface area contributed by atoms with E-state index < -0.39 is 7.60 Å². The van der Waals surface area contributed by atoms with Gasteiger partial charge in [0, 0.05) is 0 Å². The van der Waals surface area contributed by atoms with Crippen LogP contribution in [0.2, 0.25) is 0 Å². The van der Waals surface area contributed by atoms with Crippen molar-refractivity contribution in [1.82, 2.24) is 0 Å². The number of benzene rings is 2. The number of para-hydroxylation sites is 1. The lowest BCUT2D eigenvalue weighted by atomic mass is 10.2. The monoisotopic (exact) mass is 320 g/mol. The van der Waals surface area contributed by atoms with E-state index in [0.717, 1.165) is 17.1 Å². The Morgan fingerprint density at radius 3 is 1.91 bits per heavy atom. The smallest absolute Gasteiger partial charge is 0.335 e. The maximum atomic E-state index is 12.5. The average molecular weight is 320 g/mol. The summed E-state index contributed by atoms with van der Waals surface area (Å²) in [5, 5.41) is 0. The van der Waals surface area contributed by atoms with Crippen LogP contribution in [0.3, 0.4) is 0 Å². The van der Waals surface area contributed by atoms with Gasteiger partial charge in [0.25, 0.3) is 0 Å². The third-order valence-electron chi connectivity index (χ3n) is 2.93. The van der Waals surface area contributed by atoms with E-state index in [2.05, 4.69) is 0 Å². The molecule has 118 valence electrons. The van der Waals surface area contributed by atoms with Crippen molar-refractivity contribution in [1.29, 1.82) is 0 Å². The second-order valence-electron chi connectivity index (χ2n) is 4.66. The van der Waals surface area contributed by atoms with Gasteiger partial charge in [0.15, 0.2) is 0 Å². The largest absolute Gasteiger partial charge is 0.457 e. The van der Waals surface area contributed by atoms with Gasteiger partial charge in [0.2, 0.25) is 0 Å². The van der Waals surface area contributed by atoms with E-state index in [-0.39, 0.29) is 6.16 Å². The van der Waals surface area contributed by atoms with Crippen molar-refractivity contribution < 1.29 is 18.3 Å². The molecule has 0 saturated carbocycles. The Morgan fingerprint density at radius 2 is 1.36 bits per heavy atom. The van der Waals surface area contributed by atoms with Crippen molar-refractivity contribution in [2.45, 2.75) is 20.0 Å². The Balaban J connectivity index is 2.03. The van der Waals surface area contributed by atoms with Crippen LogP contribution in [0.4, 0.5) is 0 Å². The summed E-state index contributed by atoms with van der Waals surface area (Å²) in [6, 6.07) is 17.0. The summed E-state index contributed by atoms with van der Waals surface area (Å²) in [6.07, 6.45) is 0.264. The van der Waals surface area contributed by atoms with Crippen LogP contribution < -0.4 is 4.74 Å². The molecule has 0 aliphatic heterocycles. The molecule has 0 N–H and O–H groups in total. The van der Waals surface area contributed by atoms with E-state index in [4.69, 9.17) is 13.8 Å². The molecule has 5 heteroatoms. The molecule has 0 amide bonds. The van der Waals surface area contributed by atoms with E-state index >= 15 is 0 Å². The van der Waals surface area contributed by atoms with Crippen molar-refractivity contribution >= 4 is 7.60 Å². The van der Waals surface area contributed by atoms with Crippen molar-refractivity contribution in [2.75, 3.05) is 13.2 Å². The molecule has 0 saturated heterocycles. The molecule has 2 aromatic carbocycles. The second kappa shape index (κ2) is 8.14. The molecule has 0 aliphatic carbocycles. The summed E-state index contributed by atoms with van der Waals surface area (Å²) in [7, 11) is -3.06. The molecule has 22 heavy (non-hydrogen) atoms. The molecule has 0 radical (unpaired) electrons. The molecular formula is C17H21O4P. The SMILES string of the molecule is CCOP(=O)(Cc1ccc(Oc2ccccc2)cc1)OCC. The van der Waals surface area contributed by atoms with Crippen molar-refractivity contribution in [3.63, 3.8) is 0 Å². The summed E-state index contributed by atoms with van der Waals surface area (Å²) < 4.78 is 28.8. The molecule has 0 spiro atoms. The highest BCUT2D eigenvalue weighted by Crippen LogP contribution is 2.51. The Labute approximate surface area is 131 Å². The summed E-state index contributed by atoms with van der Waals surface area (Å²) in [5.41, 5.74) is 0.894. The highest BCUT2D eigenvalue weighted by atomic mass is 31.2. The summed E-state index contributed by atoms with van der Waals surface area (Å²) in [6.45, 7) is 4.35. The van der Waals surface area contributed by atoms with Crippen LogP contribution in [0, 0.1) is 0 Å². The molecular weight excluding hydrogens is 299 g/mol. The molecule has 2 rings (SSSR count).